The highest BCUT2D eigenvalue weighted by molar-refractivity contribution is 7.91. The molecule has 4 rings (SSSR count). The van der Waals surface area contributed by atoms with Crippen molar-refractivity contribution in [1.82, 2.24) is 19.4 Å². The van der Waals surface area contributed by atoms with E-state index in [9.17, 15) is 13.2 Å². The van der Waals surface area contributed by atoms with Crippen molar-refractivity contribution in [3.8, 4) is 11.5 Å². The predicted molar refractivity (Wildman–Crippen MR) is 95.4 cm³/mol. The average Bonchev–Trinajstić information content (AvgIpc) is 3.42. The number of carbonyl (C=O) groups is 1. The number of nitrogens with zero attached hydrogens (tertiary/aromatic N) is 4. The van der Waals surface area contributed by atoms with E-state index in [1.807, 2.05) is 0 Å². The molecule has 2 saturated heterocycles. The van der Waals surface area contributed by atoms with E-state index < -0.39 is 10.0 Å². The predicted octanol–water partition coefficient (Wildman–Crippen LogP) is 2.21. The molecule has 2 aliphatic rings. The molecule has 0 atom stereocenters. The molecule has 1 amide bonds. The largest absolute Gasteiger partial charge is 0.412 e. The Labute approximate surface area is 155 Å². The fraction of sp³-hybridized carbons (Fsp3) is 0.562. The van der Waals surface area contributed by atoms with Gasteiger partial charge in [0.25, 0.3) is 10.0 Å². The minimum absolute atomic E-state index is 0.0477. The van der Waals surface area contributed by atoms with Crippen LogP contribution in [0.2, 0.25) is 0 Å². The molecule has 0 spiro atoms. The molecule has 2 fully saturated rings. The van der Waals surface area contributed by atoms with E-state index in [4.69, 9.17) is 4.42 Å². The molecule has 2 aromatic rings. The summed E-state index contributed by atoms with van der Waals surface area (Å²) in [5, 5.41) is 9.43. The molecule has 2 aliphatic heterocycles. The minimum Gasteiger partial charge on any atom is -0.412 e. The molecule has 4 heterocycles. The summed E-state index contributed by atoms with van der Waals surface area (Å²) < 4.78 is 32.8. The van der Waals surface area contributed by atoms with Crippen LogP contribution in [0.1, 0.15) is 42.8 Å². The molecule has 140 valence electrons. The summed E-state index contributed by atoms with van der Waals surface area (Å²) in [7, 11) is -3.48. The number of amides is 1. The Balaban J connectivity index is 1.54. The second kappa shape index (κ2) is 7.09. The second-order valence-electron chi connectivity index (χ2n) is 6.53. The van der Waals surface area contributed by atoms with E-state index in [0.29, 0.717) is 31.7 Å². The van der Waals surface area contributed by atoms with Crippen molar-refractivity contribution in [2.24, 2.45) is 0 Å². The molecule has 10 heteroatoms. The van der Waals surface area contributed by atoms with Crippen LogP contribution in [0.15, 0.2) is 20.1 Å². The summed E-state index contributed by atoms with van der Waals surface area (Å²) in [6, 6.07) is 1.55. The minimum atomic E-state index is -3.48. The number of likely N-dealkylation sites (tertiary alicyclic amines) is 1. The molecule has 0 N–H and O–H groups in total. The lowest BCUT2D eigenvalue weighted by Crippen LogP contribution is -2.35. The lowest BCUT2D eigenvalue weighted by atomic mass is 10.2. The Bertz CT molecular complexity index is 893. The van der Waals surface area contributed by atoms with Crippen molar-refractivity contribution in [2.45, 2.75) is 36.3 Å². The molecule has 0 saturated carbocycles. The van der Waals surface area contributed by atoms with Gasteiger partial charge in [0.15, 0.2) is 0 Å². The van der Waals surface area contributed by atoms with E-state index in [0.717, 1.165) is 43.4 Å². The molecule has 26 heavy (non-hydrogen) atoms. The molecule has 0 bridgehead atoms. The summed E-state index contributed by atoms with van der Waals surface area (Å²) in [5.74, 6) is -0.143. The zero-order valence-electron chi connectivity index (χ0n) is 14.3. The van der Waals surface area contributed by atoms with E-state index in [2.05, 4.69) is 10.2 Å². The number of hydrogen-bond acceptors (Lipinski definition) is 7. The fourth-order valence-corrected chi connectivity index (χ4v) is 6.10. The van der Waals surface area contributed by atoms with Crippen molar-refractivity contribution in [3.05, 3.63) is 17.3 Å². The van der Waals surface area contributed by atoms with Gasteiger partial charge in [-0.2, -0.15) is 4.31 Å². The zero-order chi connectivity index (χ0) is 18.1. The maximum absolute atomic E-state index is 12.7. The van der Waals surface area contributed by atoms with Crippen LogP contribution in [0.3, 0.4) is 0 Å². The van der Waals surface area contributed by atoms with Gasteiger partial charge in [-0.1, -0.05) is 6.42 Å². The Morgan fingerprint density at radius 2 is 1.73 bits per heavy atom. The third-order valence-corrected chi connectivity index (χ3v) is 8.05. The van der Waals surface area contributed by atoms with Gasteiger partial charge >= 0.3 is 11.8 Å². The number of sulfonamides is 1. The van der Waals surface area contributed by atoms with Crippen LogP contribution in [-0.2, 0) is 10.0 Å². The zero-order valence-corrected chi connectivity index (χ0v) is 15.9. The smallest absolute Gasteiger partial charge is 0.311 e. The summed E-state index contributed by atoms with van der Waals surface area (Å²) in [4.78, 5) is 14.0. The quantitative estimate of drug-likeness (QED) is 0.786. The second-order valence-corrected chi connectivity index (χ2v) is 9.61. The van der Waals surface area contributed by atoms with Crippen molar-refractivity contribution >= 4 is 27.3 Å². The first-order valence-electron chi connectivity index (χ1n) is 8.77. The fourth-order valence-electron chi connectivity index (χ4n) is 3.28. The van der Waals surface area contributed by atoms with Gasteiger partial charge in [-0.05, 0) is 31.7 Å². The van der Waals surface area contributed by atoms with Crippen molar-refractivity contribution in [2.75, 3.05) is 26.2 Å². The summed E-state index contributed by atoms with van der Waals surface area (Å²) in [6.45, 7) is 2.52. The van der Waals surface area contributed by atoms with Crippen LogP contribution in [0.4, 0.5) is 0 Å². The number of aromatic nitrogens is 2. The molecule has 8 nitrogen and oxygen atoms in total. The van der Waals surface area contributed by atoms with Crippen molar-refractivity contribution in [3.63, 3.8) is 0 Å². The lowest BCUT2D eigenvalue weighted by Gasteiger charge is -2.25. The number of thiophene rings is 1. The van der Waals surface area contributed by atoms with Gasteiger partial charge < -0.3 is 9.32 Å². The Hall–Kier alpha value is -1.78. The first kappa shape index (κ1) is 17.6. The molecule has 0 aliphatic carbocycles. The Morgan fingerprint density at radius 3 is 2.46 bits per heavy atom. The van der Waals surface area contributed by atoms with Crippen molar-refractivity contribution in [1.29, 1.82) is 0 Å². The normalized spacial score (nSPS) is 19.2. The summed E-state index contributed by atoms with van der Waals surface area (Å²) in [5.41, 5.74) is 0.526. The maximum atomic E-state index is 12.7. The van der Waals surface area contributed by atoms with Gasteiger partial charge in [0.1, 0.15) is 4.21 Å². The van der Waals surface area contributed by atoms with Crippen LogP contribution >= 0.6 is 11.3 Å². The number of hydrogen-bond donors (Lipinski definition) is 0. The Kier molecular flexibility index (Phi) is 4.80. The highest BCUT2D eigenvalue weighted by atomic mass is 32.2. The van der Waals surface area contributed by atoms with Crippen LogP contribution in [-0.4, -0.2) is 59.9 Å². The molecule has 0 aromatic carbocycles. The van der Waals surface area contributed by atoms with Gasteiger partial charge in [0.05, 0.1) is 5.56 Å². The van der Waals surface area contributed by atoms with Gasteiger partial charge in [-0.25, -0.2) is 8.42 Å². The van der Waals surface area contributed by atoms with Crippen LogP contribution in [0.25, 0.3) is 11.5 Å². The number of carbonyl (C=O) groups excluding carboxylic acids is 1. The molecular formula is C16H20N4O4S2. The highest BCUT2D eigenvalue weighted by Gasteiger charge is 2.29. The molecule has 2 aromatic heterocycles. The van der Waals surface area contributed by atoms with Crippen LogP contribution < -0.4 is 0 Å². The van der Waals surface area contributed by atoms with Gasteiger partial charge in [0.2, 0.25) is 5.89 Å². The topological polar surface area (TPSA) is 96.6 Å². The first-order valence-corrected chi connectivity index (χ1v) is 11.1. The first-order chi connectivity index (χ1) is 12.6. The highest BCUT2D eigenvalue weighted by Crippen LogP contribution is 2.31. The average molecular weight is 396 g/mol. The van der Waals surface area contributed by atoms with Gasteiger partial charge in [0, 0.05) is 31.6 Å². The van der Waals surface area contributed by atoms with Crippen LogP contribution in [0, 0.1) is 0 Å². The van der Waals surface area contributed by atoms with Crippen LogP contribution in [0.5, 0.6) is 0 Å². The third-order valence-electron chi connectivity index (χ3n) is 4.73. The lowest BCUT2D eigenvalue weighted by molar-refractivity contribution is 0.0754. The Morgan fingerprint density at radius 1 is 1.04 bits per heavy atom. The monoisotopic (exact) mass is 396 g/mol. The van der Waals surface area contributed by atoms with Gasteiger partial charge in [-0.15, -0.1) is 21.5 Å². The molecular weight excluding hydrogens is 376 g/mol. The standard InChI is InChI=1S/C16H20N4O4S2/c21-16(19-6-4-5-7-19)15-18-17-14(24-15)12-10-13(25-11-12)26(22,23)20-8-2-1-3-9-20/h10-11H,1-9H2. The SMILES string of the molecule is O=C(c1nnc(-c2csc(S(=O)(=O)N3CCCCC3)c2)o1)N1CCCC1. The van der Waals surface area contributed by atoms with E-state index in [1.165, 1.54) is 4.31 Å². The summed E-state index contributed by atoms with van der Waals surface area (Å²) >= 11 is 1.14. The summed E-state index contributed by atoms with van der Waals surface area (Å²) in [6.07, 6.45) is 4.81. The van der Waals surface area contributed by atoms with Gasteiger partial charge in [-0.3, -0.25) is 4.79 Å². The third kappa shape index (κ3) is 3.28. The maximum Gasteiger partial charge on any atom is 0.311 e. The number of rotatable bonds is 4. The molecule has 0 radical (unpaired) electrons. The van der Waals surface area contributed by atoms with E-state index in [1.54, 1.807) is 16.3 Å². The van der Waals surface area contributed by atoms with Crippen molar-refractivity contribution < 1.29 is 17.6 Å². The van der Waals surface area contributed by atoms with E-state index >= 15 is 0 Å². The van der Waals surface area contributed by atoms with E-state index in [-0.39, 0.29) is 21.9 Å². The molecule has 0 unspecified atom stereocenters. The number of piperidine rings is 1.